The Morgan fingerprint density at radius 3 is 2.50 bits per heavy atom. The fourth-order valence-electron chi connectivity index (χ4n) is 4.09. The summed E-state index contributed by atoms with van der Waals surface area (Å²) in [7, 11) is 1.59. The average molecular weight is 550 g/mol. The molecular weight excluding hydrogens is 522 g/mol. The number of amides is 1. The number of halogens is 1. The molecule has 0 radical (unpaired) electrons. The number of nitrogens with two attached hydrogens (primary N) is 1. The third kappa shape index (κ3) is 5.09. The van der Waals surface area contributed by atoms with E-state index in [4.69, 9.17) is 20.2 Å². The molecule has 7 nitrogen and oxygen atoms in total. The van der Waals surface area contributed by atoms with Crippen LogP contribution in [-0.4, -0.2) is 27.7 Å². The number of carbonyl (C=O) groups excluding carboxylic acids is 1. The summed E-state index contributed by atoms with van der Waals surface area (Å²) >= 11 is 3.71. The highest BCUT2D eigenvalue weighted by molar-refractivity contribution is 9.10. The van der Waals surface area contributed by atoms with Crippen LogP contribution in [0.1, 0.15) is 36.5 Å². The van der Waals surface area contributed by atoms with Gasteiger partial charge in [-0.3, -0.25) is 9.36 Å². The van der Waals surface area contributed by atoms with E-state index in [2.05, 4.69) is 41.9 Å². The zero-order chi connectivity index (χ0) is 25.8. The standard InChI is InChI=1S/C28H28BrN3O4/c1-17(2)18-8-10-19(11-9-18)28-31-26-25(29)21(14-23(35-3)27(26)32(28)12-13-33)16-36-22-7-5-4-6-20(22)15-24(30)34/h4-14,17,33H,15-16H2,1-3H3,(H2,30,34)/b13-12+. The van der Waals surface area contributed by atoms with Crippen LogP contribution in [0.4, 0.5) is 0 Å². The molecule has 0 fully saturated rings. The quantitative estimate of drug-likeness (QED) is 0.242. The number of fused-ring (bicyclic) bond motifs is 1. The topological polar surface area (TPSA) is 99.6 Å². The first-order chi connectivity index (χ1) is 17.3. The smallest absolute Gasteiger partial charge is 0.221 e. The molecular formula is C28H28BrN3O4. The molecule has 1 amide bonds. The number of ether oxygens (including phenoxy) is 2. The number of methoxy groups -OCH3 is 1. The van der Waals surface area contributed by atoms with E-state index in [0.717, 1.165) is 27.4 Å². The second-order valence-corrected chi connectivity index (χ2v) is 9.46. The van der Waals surface area contributed by atoms with Crippen LogP contribution in [0.2, 0.25) is 0 Å². The summed E-state index contributed by atoms with van der Waals surface area (Å²) in [6.07, 6.45) is 2.62. The van der Waals surface area contributed by atoms with Gasteiger partial charge in [0.2, 0.25) is 5.91 Å². The number of imidazole rings is 1. The van der Waals surface area contributed by atoms with Gasteiger partial charge in [-0.15, -0.1) is 0 Å². The number of aromatic nitrogens is 2. The van der Waals surface area contributed by atoms with Gasteiger partial charge >= 0.3 is 0 Å². The van der Waals surface area contributed by atoms with Crippen LogP contribution < -0.4 is 15.2 Å². The number of rotatable bonds is 9. The van der Waals surface area contributed by atoms with Crippen LogP contribution in [0.3, 0.4) is 0 Å². The molecule has 1 heterocycles. The minimum Gasteiger partial charge on any atom is -0.514 e. The average Bonchev–Trinajstić information content (AvgIpc) is 3.24. The van der Waals surface area contributed by atoms with Crippen molar-refractivity contribution in [1.82, 2.24) is 9.55 Å². The molecule has 0 aliphatic heterocycles. The number of aliphatic hydroxyl groups excluding tert-OH is 1. The van der Waals surface area contributed by atoms with Crippen molar-refractivity contribution in [2.24, 2.45) is 5.73 Å². The maximum Gasteiger partial charge on any atom is 0.221 e. The van der Waals surface area contributed by atoms with Crippen LogP contribution in [-0.2, 0) is 17.8 Å². The summed E-state index contributed by atoms with van der Waals surface area (Å²) in [5.74, 6) is 1.82. The lowest BCUT2D eigenvalue weighted by atomic mass is 10.0. The number of nitrogens with zero attached hydrogens (tertiary/aromatic N) is 2. The lowest BCUT2D eigenvalue weighted by Crippen LogP contribution is -2.14. The highest BCUT2D eigenvalue weighted by Crippen LogP contribution is 2.39. The van der Waals surface area contributed by atoms with E-state index in [1.165, 1.54) is 5.56 Å². The van der Waals surface area contributed by atoms with Crippen LogP contribution in [0.25, 0.3) is 28.6 Å². The van der Waals surface area contributed by atoms with Gasteiger partial charge in [0.25, 0.3) is 0 Å². The highest BCUT2D eigenvalue weighted by atomic mass is 79.9. The number of primary amides is 1. The van der Waals surface area contributed by atoms with E-state index >= 15 is 0 Å². The molecule has 0 aliphatic carbocycles. The van der Waals surface area contributed by atoms with Crippen LogP contribution in [0, 0.1) is 0 Å². The minimum absolute atomic E-state index is 0.0938. The van der Waals surface area contributed by atoms with Gasteiger partial charge in [0.15, 0.2) is 0 Å². The van der Waals surface area contributed by atoms with Crippen molar-refractivity contribution in [3.63, 3.8) is 0 Å². The Morgan fingerprint density at radius 2 is 1.86 bits per heavy atom. The fourth-order valence-corrected chi connectivity index (χ4v) is 4.60. The molecule has 186 valence electrons. The van der Waals surface area contributed by atoms with Gasteiger partial charge in [0.1, 0.15) is 35.0 Å². The lowest BCUT2D eigenvalue weighted by molar-refractivity contribution is -0.117. The fraction of sp³-hybridized carbons (Fsp3) is 0.214. The van der Waals surface area contributed by atoms with E-state index in [0.29, 0.717) is 34.3 Å². The summed E-state index contributed by atoms with van der Waals surface area (Å²) in [6.45, 7) is 4.51. The van der Waals surface area contributed by atoms with Crippen molar-refractivity contribution in [3.05, 3.63) is 82.0 Å². The molecule has 0 aliphatic rings. The Hall–Kier alpha value is -3.78. The first-order valence-corrected chi connectivity index (χ1v) is 12.3. The van der Waals surface area contributed by atoms with Gasteiger partial charge in [-0.1, -0.05) is 56.3 Å². The van der Waals surface area contributed by atoms with Gasteiger partial charge in [-0.05, 0) is 39.5 Å². The molecule has 0 spiro atoms. The zero-order valence-corrected chi connectivity index (χ0v) is 22.0. The van der Waals surface area contributed by atoms with Crippen molar-refractivity contribution in [3.8, 4) is 22.9 Å². The maximum absolute atomic E-state index is 11.4. The Balaban J connectivity index is 1.78. The molecule has 0 unspecified atom stereocenters. The molecule has 4 aromatic rings. The number of benzene rings is 3. The second kappa shape index (κ2) is 10.9. The van der Waals surface area contributed by atoms with Gasteiger partial charge in [-0.25, -0.2) is 4.98 Å². The zero-order valence-electron chi connectivity index (χ0n) is 20.4. The molecule has 0 saturated heterocycles. The summed E-state index contributed by atoms with van der Waals surface area (Å²) in [4.78, 5) is 16.4. The third-order valence-corrected chi connectivity index (χ3v) is 6.82. The van der Waals surface area contributed by atoms with Crippen LogP contribution in [0.5, 0.6) is 11.5 Å². The molecule has 3 N–H and O–H groups in total. The normalized spacial score (nSPS) is 11.5. The second-order valence-electron chi connectivity index (χ2n) is 8.67. The number of para-hydroxylation sites is 1. The predicted octanol–water partition coefficient (Wildman–Crippen LogP) is 6.19. The summed E-state index contributed by atoms with van der Waals surface area (Å²) in [5.41, 5.74) is 10.4. The number of aliphatic hydroxyl groups is 1. The minimum atomic E-state index is -0.424. The van der Waals surface area contributed by atoms with Gasteiger partial charge in [-0.2, -0.15) is 0 Å². The first kappa shape index (κ1) is 25.3. The van der Waals surface area contributed by atoms with Gasteiger partial charge < -0.3 is 20.3 Å². The highest BCUT2D eigenvalue weighted by Gasteiger charge is 2.21. The monoisotopic (exact) mass is 549 g/mol. The van der Waals surface area contributed by atoms with E-state index in [1.54, 1.807) is 17.9 Å². The van der Waals surface area contributed by atoms with E-state index in [1.807, 2.05) is 42.5 Å². The van der Waals surface area contributed by atoms with Gasteiger partial charge in [0, 0.05) is 22.9 Å². The van der Waals surface area contributed by atoms with E-state index in [9.17, 15) is 9.90 Å². The molecule has 0 saturated carbocycles. The van der Waals surface area contributed by atoms with Gasteiger partial charge in [0.05, 0.1) is 24.3 Å². The van der Waals surface area contributed by atoms with E-state index in [-0.39, 0.29) is 13.0 Å². The molecule has 3 aromatic carbocycles. The first-order valence-electron chi connectivity index (χ1n) is 11.5. The predicted molar refractivity (Wildman–Crippen MR) is 145 cm³/mol. The molecule has 0 atom stereocenters. The number of hydrogen-bond acceptors (Lipinski definition) is 5. The Morgan fingerprint density at radius 1 is 1.14 bits per heavy atom. The Labute approximate surface area is 218 Å². The maximum atomic E-state index is 11.4. The molecule has 1 aromatic heterocycles. The largest absolute Gasteiger partial charge is 0.514 e. The number of hydrogen-bond donors (Lipinski definition) is 2. The van der Waals surface area contributed by atoms with Crippen LogP contribution >= 0.6 is 15.9 Å². The molecule has 36 heavy (non-hydrogen) atoms. The van der Waals surface area contributed by atoms with Crippen molar-refractivity contribution in [2.75, 3.05) is 7.11 Å². The van der Waals surface area contributed by atoms with Crippen molar-refractivity contribution in [2.45, 2.75) is 32.8 Å². The van der Waals surface area contributed by atoms with E-state index < -0.39 is 5.91 Å². The molecule has 0 bridgehead atoms. The summed E-state index contributed by atoms with van der Waals surface area (Å²) in [5, 5.41) is 9.64. The lowest BCUT2D eigenvalue weighted by Gasteiger charge is -2.14. The summed E-state index contributed by atoms with van der Waals surface area (Å²) < 4.78 is 14.3. The molecule has 8 heteroatoms. The Bertz CT molecular complexity index is 1430. The SMILES string of the molecule is COc1cc(COc2ccccc2CC(N)=O)c(Br)c2nc(-c3ccc(C(C)C)cc3)n(/C=C/O)c12. The van der Waals surface area contributed by atoms with Crippen LogP contribution in [0.15, 0.2) is 65.3 Å². The van der Waals surface area contributed by atoms with Crippen molar-refractivity contribution in [1.29, 1.82) is 0 Å². The third-order valence-electron chi connectivity index (χ3n) is 5.93. The Kier molecular flexibility index (Phi) is 7.64. The number of carbonyl (C=O) groups is 1. The molecule has 4 rings (SSSR count). The van der Waals surface area contributed by atoms with Crippen molar-refractivity contribution >= 4 is 39.1 Å². The summed E-state index contributed by atoms with van der Waals surface area (Å²) in [6, 6.07) is 17.4. The van der Waals surface area contributed by atoms with Crippen molar-refractivity contribution < 1.29 is 19.4 Å².